The maximum Gasteiger partial charge on any atom is 0.225 e. The SMILES string of the molecule is CC1CC(C(=O)N2CCc3ncc(CN4CCOCC4)n3CC2)C1. The van der Waals surface area contributed by atoms with Gasteiger partial charge in [0.05, 0.1) is 18.9 Å². The van der Waals surface area contributed by atoms with Crippen LogP contribution in [0, 0.1) is 11.8 Å². The Bertz CT molecular complexity index is 588. The average molecular weight is 332 g/mol. The summed E-state index contributed by atoms with van der Waals surface area (Å²) >= 11 is 0. The van der Waals surface area contributed by atoms with Crippen LogP contribution in [0.4, 0.5) is 0 Å². The topological polar surface area (TPSA) is 50.6 Å². The number of carbonyl (C=O) groups is 1. The maximum atomic E-state index is 12.6. The third-order valence-electron chi connectivity index (χ3n) is 5.74. The molecular formula is C18H28N4O2. The van der Waals surface area contributed by atoms with Crippen LogP contribution in [0.2, 0.25) is 0 Å². The van der Waals surface area contributed by atoms with Crippen molar-refractivity contribution in [1.29, 1.82) is 0 Å². The van der Waals surface area contributed by atoms with Gasteiger partial charge in [-0.2, -0.15) is 0 Å². The van der Waals surface area contributed by atoms with E-state index in [0.29, 0.717) is 5.91 Å². The van der Waals surface area contributed by atoms with Crippen LogP contribution in [-0.2, 0) is 29.0 Å². The van der Waals surface area contributed by atoms with Gasteiger partial charge in [-0.15, -0.1) is 0 Å². The van der Waals surface area contributed by atoms with Crippen molar-refractivity contribution in [3.05, 3.63) is 17.7 Å². The molecule has 2 fully saturated rings. The van der Waals surface area contributed by atoms with Crippen LogP contribution < -0.4 is 0 Å². The quantitative estimate of drug-likeness (QED) is 0.833. The summed E-state index contributed by atoms with van der Waals surface area (Å²) in [6, 6.07) is 0. The average Bonchev–Trinajstić information content (AvgIpc) is 2.81. The van der Waals surface area contributed by atoms with E-state index >= 15 is 0 Å². The summed E-state index contributed by atoms with van der Waals surface area (Å²) in [6.45, 7) is 9.32. The smallest absolute Gasteiger partial charge is 0.225 e. The first-order chi connectivity index (χ1) is 11.7. The Labute approximate surface area is 143 Å². The minimum atomic E-state index is 0.276. The van der Waals surface area contributed by atoms with Crippen LogP contribution in [0.3, 0.4) is 0 Å². The van der Waals surface area contributed by atoms with Gasteiger partial charge in [-0.25, -0.2) is 4.98 Å². The molecule has 1 aromatic heterocycles. The van der Waals surface area contributed by atoms with Crippen LogP contribution in [0.25, 0.3) is 0 Å². The second-order valence-electron chi connectivity index (χ2n) is 7.55. The lowest BCUT2D eigenvalue weighted by molar-refractivity contribution is -0.139. The monoisotopic (exact) mass is 332 g/mol. The summed E-state index contributed by atoms with van der Waals surface area (Å²) in [5.41, 5.74) is 1.28. The molecule has 132 valence electrons. The van der Waals surface area contributed by atoms with E-state index in [1.807, 2.05) is 6.20 Å². The first-order valence-electron chi connectivity index (χ1n) is 9.33. The van der Waals surface area contributed by atoms with Crippen molar-refractivity contribution in [2.24, 2.45) is 11.8 Å². The molecule has 24 heavy (non-hydrogen) atoms. The number of morpholine rings is 1. The number of rotatable bonds is 3. The second-order valence-corrected chi connectivity index (χ2v) is 7.55. The van der Waals surface area contributed by atoms with Gasteiger partial charge in [0, 0.05) is 57.8 Å². The van der Waals surface area contributed by atoms with E-state index in [1.54, 1.807) is 0 Å². The fourth-order valence-electron chi connectivity index (χ4n) is 4.19. The Balaban J connectivity index is 1.39. The molecule has 1 saturated heterocycles. The van der Waals surface area contributed by atoms with Crippen molar-refractivity contribution in [1.82, 2.24) is 19.4 Å². The fourth-order valence-corrected chi connectivity index (χ4v) is 4.19. The summed E-state index contributed by atoms with van der Waals surface area (Å²) in [6.07, 6.45) is 5.04. The molecular weight excluding hydrogens is 304 g/mol. The summed E-state index contributed by atoms with van der Waals surface area (Å²) < 4.78 is 7.77. The first kappa shape index (κ1) is 16.1. The zero-order valence-corrected chi connectivity index (χ0v) is 14.6. The fraction of sp³-hybridized carbons (Fsp3) is 0.778. The van der Waals surface area contributed by atoms with E-state index in [1.165, 1.54) is 5.69 Å². The van der Waals surface area contributed by atoms with Gasteiger partial charge in [-0.05, 0) is 18.8 Å². The van der Waals surface area contributed by atoms with E-state index in [-0.39, 0.29) is 5.92 Å². The third kappa shape index (κ3) is 3.22. The minimum absolute atomic E-state index is 0.276. The highest BCUT2D eigenvalue weighted by Gasteiger charge is 2.35. The lowest BCUT2D eigenvalue weighted by Gasteiger charge is -2.35. The highest BCUT2D eigenvalue weighted by molar-refractivity contribution is 5.79. The molecule has 3 aliphatic rings. The number of carbonyl (C=O) groups excluding carboxylic acids is 1. The van der Waals surface area contributed by atoms with Gasteiger partial charge in [0.15, 0.2) is 0 Å². The molecule has 1 aliphatic carbocycles. The molecule has 3 heterocycles. The molecule has 2 aliphatic heterocycles. The predicted octanol–water partition coefficient (Wildman–Crippen LogP) is 1.15. The summed E-state index contributed by atoms with van der Waals surface area (Å²) in [5, 5.41) is 0. The second kappa shape index (κ2) is 6.84. The molecule has 1 saturated carbocycles. The summed E-state index contributed by atoms with van der Waals surface area (Å²) in [4.78, 5) is 21.8. The normalized spacial score (nSPS) is 28.1. The van der Waals surface area contributed by atoms with Gasteiger partial charge in [-0.1, -0.05) is 6.92 Å². The Morgan fingerprint density at radius 1 is 1.21 bits per heavy atom. The number of hydrogen-bond donors (Lipinski definition) is 0. The molecule has 0 radical (unpaired) electrons. The van der Waals surface area contributed by atoms with Gasteiger partial charge >= 0.3 is 0 Å². The molecule has 4 rings (SSSR count). The van der Waals surface area contributed by atoms with Crippen molar-refractivity contribution in [2.75, 3.05) is 39.4 Å². The molecule has 6 heteroatoms. The van der Waals surface area contributed by atoms with E-state index in [2.05, 4.69) is 26.3 Å². The van der Waals surface area contributed by atoms with Crippen molar-refractivity contribution in [3.63, 3.8) is 0 Å². The first-order valence-corrected chi connectivity index (χ1v) is 9.33. The van der Waals surface area contributed by atoms with Gasteiger partial charge in [-0.3, -0.25) is 9.69 Å². The molecule has 0 aromatic carbocycles. The highest BCUT2D eigenvalue weighted by Crippen LogP contribution is 2.34. The van der Waals surface area contributed by atoms with Crippen LogP contribution in [0.5, 0.6) is 0 Å². The predicted molar refractivity (Wildman–Crippen MR) is 90.5 cm³/mol. The van der Waals surface area contributed by atoms with Crippen molar-refractivity contribution < 1.29 is 9.53 Å². The van der Waals surface area contributed by atoms with Gasteiger partial charge in [0.25, 0.3) is 0 Å². The summed E-state index contributed by atoms with van der Waals surface area (Å²) in [5.74, 6) is 2.50. The molecule has 0 N–H and O–H groups in total. The molecule has 0 bridgehead atoms. The molecule has 1 aromatic rings. The highest BCUT2D eigenvalue weighted by atomic mass is 16.5. The van der Waals surface area contributed by atoms with Crippen molar-refractivity contribution >= 4 is 5.91 Å². The number of hydrogen-bond acceptors (Lipinski definition) is 4. The zero-order valence-electron chi connectivity index (χ0n) is 14.6. The van der Waals surface area contributed by atoms with Crippen LogP contribution in [0.1, 0.15) is 31.3 Å². The van der Waals surface area contributed by atoms with Crippen LogP contribution in [0.15, 0.2) is 6.20 Å². The third-order valence-corrected chi connectivity index (χ3v) is 5.74. The van der Waals surface area contributed by atoms with E-state index < -0.39 is 0 Å². The zero-order chi connectivity index (χ0) is 16.5. The molecule has 0 unspecified atom stereocenters. The number of ether oxygens (including phenoxy) is 1. The number of amides is 1. The standard InChI is InChI=1S/C18H28N4O2/c1-14-10-15(11-14)18(23)21-3-2-17-19-12-16(22(17)5-4-21)13-20-6-8-24-9-7-20/h12,14-15H,2-11,13H2,1H3. The maximum absolute atomic E-state index is 12.6. The van der Waals surface area contributed by atoms with E-state index in [4.69, 9.17) is 4.74 Å². The van der Waals surface area contributed by atoms with Gasteiger partial charge < -0.3 is 14.2 Å². The van der Waals surface area contributed by atoms with Gasteiger partial charge in [0.1, 0.15) is 5.82 Å². The molecule has 0 atom stereocenters. The number of imidazole rings is 1. The molecule has 1 amide bonds. The number of nitrogens with zero attached hydrogens (tertiary/aromatic N) is 4. The molecule has 6 nitrogen and oxygen atoms in total. The van der Waals surface area contributed by atoms with E-state index in [0.717, 1.165) is 83.5 Å². The Hall–Kier alpha value is -1.40. The van der Waals surface area contributed by atoms with Crippen molar-refractivity contribution in [3.8, 4) is 0 Å². The van der Waals surface area contributed by atoms with Crippen LogP contribution >= 0.6 is 0 Å². The van der Waals surface area contributed by atoms with Crippen LogP contribution in [-0.4, -0.2) is 64.7 Å². The Kier molecular flexibility index (Phi) is 4.59. The molecule has 0 spiro atoms. The Morgan fingerprint density at radius 2 is 2.00 bits per heavy atom. The lowest BCUT2D eigenvalue weighted by atomic mass is 9.75. The number of fused-ring (bicyclic) bond motifs is 1. The summed E-state index contributed by atoms with van der Waals surface area (Å²) in [7, 11) is 0. The number of aromatic nitrogens is 2. The van der Waals surface area contributed by atoms with E-state index in [9.17, 15) is 4.79 Å². The largest absolute Gasteiger partial charge is 0.379 e. The Morgan fingerprint density at radius 3 is 2.75 bits per heavy atom. The minimum Gasteiger partial charge on any atom is -0.379 e. The van der Waals surface area contributed by atoms with Gasteiger partial charge in [0.2, 0.25) is 5.91 Å². The van der Waals surface area contributed by atoms with Crippen molar-refractivity contribution in [2.45, 2.75) is 39.3 Å². The lowest BCUT2D eigenvalue weighted by Crippen LogP contribution is -2.42.